The van der Waals surface area contributed by atoms with Gasteiger partial charge in [0.1, 0.15) is 0 Å². The van der Waals surface area contributed by atoms with Gasteiger partial charge < -0.3 is 0 Å². The first-order valence-corrected chi connectivity index (χ1v) is 5.43. The van der Waals surface area contributed by atoms with Crippen LogP contribution < -0.4 is 0 Å². The van der Waals surface area contributed by atoms with Crippen molar-refractivity contribution >= 4 is 5.65 Å². The third-order valence-corrected chi connectivity index (χ3v) is 2.91. The number of hydrogen-bond acceptors (Lipinski definition) is 2. The molecule has 0 saturated carbocycles. The Labute approximate surface area is 90.1 Å². The smallest absolute Gasteiger partial charge is 0.153 e. The van der Waals surface area contributed by atoms with Crippen LogP contribution in [0.25, 0.3) is 5.65 Å². The molecule has 15 heavy (non-hydrogen) atoms. The van der Waals surface area contributed by atoms with Gasteiger partial charge in [-0.15, -0.1) is 0 Å². The van der Waals surface area contributed by atoms with Gasteiger partial charge >= 0.3 is 0 Å². The fourth-order valence-corrected chi connectivity index (χ4v) is 1.95. The van der Waals surface area contributed by atoms with Crippen LogP contribution in [0.1, 0.15) is 39.2 Å². The van der Waals surface area contributed by atoms with Crippen molar-refractivity contribution in [1.82, 2.24) is 14.6 Å². The summed E-state index contributed by atoms with van der Waals surface area (Å²) in [6.45, 7) is 6.73. The summed E-state index contributed by atoms with van der Waals surface area (Å²) in [5, 5.41) is 4.34. The van der Waals surface area contributed by atoms with Crippen molar-refractivity contribution in [1.29, 1.82) is 0 Å². The number of imidazole rings is 1. The predicted octanol–water partition coefficient (Wildman–Crippen LogP) is 2.81. The lowest BCUT2D eigenvalue weighted by Gasteiger charge is -2.23. The quantitative estimate of drug-likeness (QED) is 0.767. The molecule has 0 atom stereocenters. The molecular formula is C12H17N3. The summed E-state index contributed by atoms with van der Waals surface area (Å²) in [6.07, 6.45) is 7.95. The van der Waals surface area contributed by atoms with Gasteiger partial charge in [-0.05, 0) is 23.5 Å². The maximum Gasteiger partial charge on any atom is 0.153 e. The molecule has 2 aromatic rings. The first kappa shape index (κ1) is 10.1. The van der Waals surface area contributed by atoms with Crippen LogP contribution >= 0.6 is 0 Å². The first-order valence-electron chi connectivity index (χ1n) is 5.43. The van der Waals surface area contributed by atoms with Gasteiger partial charge in [-0.2, -0.15) is 5.10 Å². The van der Waals surface area contributed by atoms with E-state index in [2.05, 4.69) is 36.9 Å². The van der Waals surface area contributed by atoms with E-state index >= 15 is 0 Å². The summed E-state index contributed by atoms with van der Waals surface area (Å²) in [4.78, 5) is 4.25. The third-order valence-electron chi connectivity index (χ3n) is 2.91. The largest absolute Gasteiger partial charge is 0.236 e. The fraction of sp³-hybridized carbons (Fsp3) is 0.500. The van der Waals surface area contributed by atoms with Gasteiger partial charge in [-0.3, -0.25) is 0 Å². The van der Waals surface area contributed by atoms with Crippen molar-refractivity contribution in [3.8, 4) is 0 Å². The van der Waals surface area contributed by atoms with Crippen LogP contribution in [0.4, 0.5) is 0 Å². The van der Waals surface area contributed by atoms with E-state index < -0.39 is 0 Å². The van der Waals surface area contributed by atoms with Crippen LogP contribution in [-0.2, 0) is 5.41 Å². The van der Waals surface area contributed by atoms with Gasteiger partial charge in [0.15, 0.2) is 5.65 Å². The van der Waals surface area contributed by atoms with E-state index in [1.165, 1.54) is 18.4 Å². The van der Waals surface area contributed by atoms with E-state index in [0.29, 0.717) is 0 Å². The molecule has 2 rings (SSSR count). The number of aromatic nitrogens is 3. The van der Waals surface area contributed by atoms with Crippen LogP contribution in [0.2, 0.25) is 0 Å². The molecule has 0 unspecified atom stereocenters. The van der Waals surface area contributed by atoms with E-state index in [1.54, 1.807) is 10.7 Å². The molecule has 0 aliphatic carbocycles. The van der Waals surface area contributed by atoms with E-state index in [9.17, 15) is 0 Å². The summed E-state index contributed by atoms with van der Waals surface area (Å²) in [6, 6.07) is 2.13. The maximum atomic E-state index is 4.34. The molecule has 0 bridgehead atoms. The summed E-state index contributed by atoms with van der Waals surface area (Å²) in [5.74, 6) is 0. The summed E-state index contributed by atoms with van der Waals surface area (Å²) >= 11 is 0. The molecule has 3 nitrogen and oxygen atoms in total. The zero-order chi connectivity index (χ0) is 10.9. The first-order chi connectivity index (χ1) is 7.13. The third kappa shape index (κ3) is 1.87. The van der Waals surface area contributed by atoms with Crippen molar-refractivity contribution in [3.63, 3.8) is 0 Å². The van der Waals surface area contributed by atoms with Crippen molar-refractivity contribution in [2.24, 2.45) is 0 Å². The molecule has 0 amide bonds. The second-order valence-electron chi connectivity index (χ2n) is 4.61. The van der Waals surface area contributed by atoms with Crippen molar-refractivity contribution in [2.75, 3.05) is 0 Å². The summed E-state index contributed by atoms with van der Waals surface area (Å²) in [7, 11) is 0. The molecule has 0 saturated heterocycles. The predicted molar refractivity (Wildman–Crippen MR) is 60.9 cm³/mol. The Morgan fingerprint density at radius 1 is 1.40 bits per heavy atom. The second-order valence-corrected chi connectivity index (χ2v) is 4.61. The average molecular weight is 203 g/mol. The normalized spacial score (nSPS) is 12.2. The highest BCUT2D eigenvalue weighted by Crippen LogP contribution is 2.27. The Balaban J connectivity index is 2.42. The van der Waals surface area contributed by atoms with Crippen LogP contribution in [0.15, 0.2) is 24.7 Å². The van der Waals surface area contributed by atoms with Crippen LogP contribution in [0, 0.1) is 0 Å². The van der Waals surface area contributed by atoms with Gasteiger partial charge in [-0.1, -0.05) is 27.2 Å². The molecule has 0 aliphatic heterocycles. The lowest BCUT2D eigenvalue weighted by atomic mass is 9.82. The van der Waals surface area contributed by atoms with Gasteiger partial charge in [-0.25, -0.2) is 9.50 Å². The summed E-state index contributed by atoms with van der Waals surface area (Å²) in [5.41, 5.74) is 2.38. The van der Waals surface area contributed by atoms with E-state index in [0.717, 1.165) is 5.65 Å². The number of rotatable bonds is 3. The topological polar surface area (TPSA) is 30.2 Å². The monoisotopic (exact) mass is 203 g/mol. The Morgan fingerprint density at radius 2 is 2.20 bits per heavy atom. The van der Waals surface area contributed by atoms with Crippen molar-refractivity contribution in [2.45, 2.75) is 39.0 Å². The van der Waals surface area contributed by atoms with E-state index in [4.69, 9.17) is 0 Å². The second kappa shape index (κ2) is 3.65. The maximum absolute atomic E-state index is 4.34. The van der Waals surface area contributed by atoms with Gasteiger partial charge in [0.25, 0.3) is 0 Å². The van der Waals surface area contributed by atoms with Crippen LogP contribution in [0.3, 0.4) is 0 Å². The van der Waals surface area contributed by atoms with Gasteiger partial charge in [0, 0.05) is 12.4 Å². The molecule has 0 N–H and O–H groups in total. The zero-order valence-corrected chi connectivity index (χ0v) is 9.57. The highest BCUT2D eigenvalue weighted by Gasteiger charge is 2.20. The highest BCUT2D eigenvalue weighted by molar-refractivity contribution is 5.41. The lowest BCUT2D eigenvalue weighted by molar-refractivity contribution is 0.470. The number of hydrogen-bond donors (Lipinski definition) is 0. The van der Waals surface area contributed by atoms with E-state index in [-0.39, 0.29) is 5.41 Å². The molecule has 2 heterocycles. The summed E-state index contributed by atoms with van der Waals surface area (Å²) < 4.78 is 1.80. The fourth-order valence-electron chi connectivity index (χ4n) is 1.95. The molecule has 0 aromatic carbocycles. The van der Waals surface area contributed by atoms with Crippen LogP contribution in [0.5, 0.6) is 0 Å². The molecule has 0 fully saturated rings. The molecule has 2 aromatic heterocycles. The standard InChI is InChI=1S/C12H17N3/c1-4-5-12(2,3)10-8-11-13-6-7-15(11)14-9-10/h6-9H,4-5H2,1-3H3. The molecule has 0 spiro atoms. The Hall–Kier alpha value is -1.38. The Morgan fingerprint density at radius 3 is 2.93 bits per heavy atom. The minimum absolute atomic E-state index is 0.190. The van der Waals surface area contributed by atoms with Crippen molar-refractivity contribution < 1.29 is 0 Å². The molecule has 0 radical (unpaired) electrons. The number of fused-ring (bicyclic) bond motifs is 1. The lowest BCUT2D eigenvalue weighted by Crippen LogP contribution is -2.17. The number of nitrogens with zero attached hydrogens (tertiary/aromatic N) is 3. The van der Waals surface area contributed by atoms with Crippen LogP contribution in [-0.4, -0.2) is 14.6 Å². The SMILES string of the molecule is CCCC(C)(C)c1cnn2ccnc2c1. The molecule has 3 heteroatoms. The average Bonchev–Trinajstić information content (AvgIpc) is 2.63. The zero-order valence-electron chi connectivity index (χ0n) is 9.57. The minimum Gasteiger partial charge on any atom is -0.236 e. The minimum atomic E-state index is 0.190. The van der Waals surface area contributed by atoms with Crippen molar-refractivity contribution in [3.05, 3.63) is 30.2 Å². The molecular weight excluding hydrogens is 186 g/mol. The Bertz CT molecular complexity index is 457. The molecule has 0 aliphatic rings. The highest BCUT2D eigenvalue weighted by atomic mass is 15.2. The Kier molecular flexibility index (Phi) is 2.47. The van der Waals surface area contributed by atoms with Gasteiger partial charge in [0.2, 0.25) is 0 Å². The van der Waals surface area contributed by atoms with E-state index in [1.807, 2.05) is 12.4 Å². The van der Waals surface area contributed by atoms with Gasteiger partial charge in [0.05, 0.1) is 6.20 Å². The molecule has 80 valence electrons.